The molecule has 24 heavy (non-hydrogen) atoms. The summed E-state index contributed by atoms with van der Waals surface area (Å²) < 4.78 is 0. The molecule has 0 fully saturated rings. The van der Waals surface area contributed by atoms with Gasteiger partial charge in [-0.1, -0.05) is 29.8 Å². The van der Waals surface area contributed by atoms with Crippen LogP contribution in [-0.4, -0.2) is 34.0 Å². The predicted octanol–water partition coefficient (Wildman–Crippen LogP) is 1.76. The average molecular weight is 326 g/mol. The highest BCUT2D eigenvalue weighted by molar-refractivity contribution is 5.74. The molecule has 1 aliphatic heterocycles. The summed E-state index contributed by atoms with van der Waals surface area (Å²) >= 11 is 0. The molecule has 1 aliphatic rings. The zero-order valence-corrected chi connectivity index (χ0v) is 14.1. The van der Waals surface area contributed by atoms with Gasteiger partial charge in [0.2, 0.25) is 0 Å². The minimum absolute atomic E-state index is 0.133. The van der Waals surface area contributed by atoms with Crippen molar-refractivity contribution in [1.29, 1.82) is 0 Å². The topological polar surface area (TPSA) is 78.1 Å². The molecule has 0 saturated carbocycles. The lowest BCUT2D eigenvalue weighted by Crippen LogP contribution is -2.44. The average Bonchev–Trinajstić information content (AvgIpc) is 2.55. The number of H-pyrrole nitrogens is 1. The van der Waals surface area contributed by atoms with E-state index in [1.54, 1.807) is 4.90 Å². The molecule has 0 saturated heterocycles. The molecule has 126 valence electrons. The Hall–Kier alpha value is -2.63. The van der Waals surface area contributed by atoms with Crippen molar-refractivity contribution >= 4 is 6.03 Å². The van der Waals surface area contributed by atoms with Crippen molar-refractivity contribution in [2.75, 3.05) is 13.1 Å². The van der Waals surface area contributed by atoms with E-state index in [-0.39, 0.29) is 11.6 Å². The number of nitrogens with zero attached hydrogens (tertiary/aromatic N) is 2. The minimum atomic E-state index is -0.142. The third kappa shape index (κ3) is 3.48. The van der Waals surface area contributed by atoms with Crippen LogP contribution in [0.15, 0.2) is 29.1 Å². The van der Waals surface area contributed by atoms with Crippen LogP contribution in [0.3, 0.4) is 0 Å². The molecule has 2 aromatic rings. The fraction of sp³-hybridized carbons (Fsp3) is 0.389. The maximum Gasteiger partial charge on any atom is 0.317 e. The van der Waals surface area contributed by atoms with Crippen molar-refractivity contribution in [1.82, 2.24) is 20.2 Å². The zero-order valence-electron chi connectivity index (χ0n) is 14.1. The Labute approximate surface area is 140 Å². The predicted molar refractivity (Wildman–Crippen MR) is 92.0 cm³/mol. The van der Waals surface area contributed by atoms with Crippen molar-refractivity contribution in [3.05, 3.63) is 62.8 Å². The molecular formula is C18H22N4O2. The Bertz CT molecular complexity index is 813. The summed E-state index contributed by atoms with van der Waals surface area (Å²) in [6.45, 7) is 5.39. The molecule has 2 N–H and O–H groups in total. The van der Waals surface area contributed by atoms with Crippen LogP contribution in [0.25, 0.3) is 0 Å². The molecule has 1 aromatic heterocycles. The number of nitrogens with one attached hydrogen (secondary N) is 2. The van der Waals surface area contributed by atoms with Crippen LogP contribution in [0.5, 0.6) is 0 Å². The second kappa shape index (κ2) is 6.86. The number of urea groups is 1. The summed E-state index contributed by atoms with van der Waals surface area (Å²) in [5.41, 5.74) is 3.57. The first-order valence-corrected chi connectivity index (χ1v) is 8.26. The molecule has 0 unspecified atom stereocenters. The number of carbonyl (C=O) groups excluding carboxylic acids is 1. The van der Waals surface area contributed by atoms with Crippen molar-refractivity contribution in [3.8, 4) is 0 Å². The molecule has 0 aliphatic carbocycles. The quantitative estimate of drug-likeness (QED) is 0.902. The highest BCUT2D eigenvalue weighted by Crippen LogP contribution is 2.15. The number of rotatable bonds is 3. The number of aryl methyl sites for hydroxylation is 1. The number of amides is 2. The van der Waals surface area contributed by atoms with Gasteiger partial charge in [0.15, 0.2) is 0 Å². The van der Waals surface area contributed by atoms with Gasteiger partial charge < -0.3 is 15.2 Å². The van der Waals surface area contributed by atoms with Crippen molar-refractivity contribution in [3.63, 3.8) is 0 Å². The number of benzene rings is 1. The van der Waals surface area contributed by atoms with Gasteiger partial charge in [-0.25, -0.2) is 9.78 Å². The van der Waals surface area contributed by atoms with E-state index in [4.69, 9.17) is 0 Å². The van der Waals surface area contributed by atoms with Gasteiger partial charge in [0.25, 0.3) is 5.56 Å². The van der Waals surface area contributed by atoms with Crippen LogP contribution in [0.4, 0.5) is 4.79 Å². The van der Waals surface area contributed by atoms with Crippen LogP contribution in [0.1, 0.15) is 35.1 Å². The molecule has 6 heteroatoms. The van der Waals surface area contributed by atoms with E-state index in [1.807, 2.05) is 32.0 Å². The molecule has 2 amide bonds. The van der Waals surface area contributed by atoms with E-state index in [0.717, 1.165) is 11.3 Å². The second-order valence-corrected chi connectivity index (χ2v) is 6.11. The van der Waals surface area contributed by atoms with Gasteiger partial charge in [-0.05, 0) is 19.4 Å². The Kier molecular flexibility index (Phi) is 4.64. The standard InChI is InChI=1S/C18H22N4O2/c1-3-19-18(24)22-8-7-15-14(11-22)17(23)21-16(20-15)10-13-6-4-5-12(2)9-13/h4-6,9H,3,7-8,10-11H2,1-2H3,(H,19,24)(H,20,21,23). The lowest BCUT2D eigenvalue weighted by molar-refractivity contribution is 0.192. The molecule has 0 atom stereocenters. The number of carbonyl (C=O) groups is 1. The molecule has 3 rings (SSSR count). The van der Waals surface area contributed by atoms with Crippen LogP contribution in [0.2, 0.25) is 0 Å². The third-order valence-electron chi connectivity index (χ3n) is 4.19. The number of aromatic nitrogens is 2. The van der Waals surface area contributed by atoms with Gasteiger partial charge in [-0.2, -0.15) is 0 Å². The molecule has 2 heterocycles. The van der Waals surface area contributed by atoms with Crippen molar-refractivity contribution < 1.29 is 4.79 Å². The van der Waals surface area contributed by atoms with E-state index < -0.39 is 0 Å². The fourth-order valence-corrected chi connectivity index (χ4v) is 3.01. The highest BCUT2D eigenvalue weighted by Gasteiger charge is 2.24. The fourth-order valence-electron chi connectivity index (χ4n) is 3.01. The Morgan fingerprint density at radius 1 is 1.42 bits per heavy atom. The first kappa shape index (κ1) is 16.2. The maximum absolute atomic E-state index is 12.4. The van der Waals surface area contributed by atoms with Gasteiger partial charge in [-0.15, -0.1) is 0 Å². The van der Waals surface area contributed by atoms with Gasteiger partial charge in [0, 0.05) is 25.9 Å². The number of aromatic amines is 1. The Morgan fingerprint density at radius 3 is 3.00 bits per heavy atom. The summed E-state index contributed by atoms with van der Waals surface area (Å²) in [4.78, 5) is 33.5. The normalized spacial score (nSPS) is 13.5. The maximum atomic E-state index is 12.4. The van der Waals surface area contributed by atoms with Gasteiger partial charge in [0.1, 0.15) is 5.82 Å². The zero-order chi connectivity index (χ0) is 17.1. The summed E-state index contributed by atoms with van der Waals surface area (Å²) in [6, 6.07) is 8.04. The van der Waals surface area contributed by atoms with E-state index in [1.165, 1.54) is 5.56 Å². The molecule has 1 aromatic carbocycles. The van der Waals surface area contributed by atoms with Crippen LogP contribution < -0.4 is 10.9 Å². The molecule has 0 spiro atoms. The SMILES string of the molecule is CCNC(=O)N1CCc2nc(Cc3cccc(C)c3)[nH]c(=O)c2C1. The molecule has 0 radical (unpaired) electrons. The molecule has 0 bridgehead atoms. The summed E-state index contributed by atoms with van der Waals surface area (Å²) in [5, 5.41) is 2.77. The van der Waals surface area contributed by atoms with Crippen LogP contribution >= 0.6 is 0 Å². The van der Waals surface area contributed by atoms with E-state index in [0.29, 0.717) is 43.9 Å². The highest BCUT2D eigenvalue weighted by atomic mass is 16.2. The summed E-state index contributed by atoms with van der Waals surface area (Å²) in [7, 11) is 0. The lowest BCUT2D eigenvalue weighted by Gasteiger charge is -2.27. The first-order chi connectivity index (χ1) is 11.6. The second-order valence-electron chi connectivity index (χ2n) is 6.11. The monoisotopic (exact) mass is 326 g/mol. The summed E-state index contributed by atoms with van der Waals surface area (Å²) in [6.07, 6.45) is 1.21. The first-order valence-electron chi connectivity index (χ1n) is 8.26. The lowest BCUT2D eigenvalue weighted by atomic mass is 10.1. The largest absolute Gasteiger partial charge is 0.338 e. The summed E-state index contributed by atoms with van der Waals surface area (Å²) in [5.74, 6) is 0.677. The number of fused-ring (bicyclic) bond motifs is 1. The minimum Gasteiger partial charge on any atom is -0.338 e. The van der Waals surface area contributed by atoms with Crippen molar-refractivity contribution in [2.45, 2.75) is 33.2 Å². The van der Waals surface area contributed by atoms with Crippen LogP contribution in [0, 0.1) is 6.92 Å². The number of hydrogen-bond acceptors (Lipinski definition) is 3. The van der Waals surface area contributed by atoms with Gasteiger partial charge >= 0.3 is 6.03 Å². The molecular weight excluding hydrogens is 304 g/mol. The Morgan fingerprint density at radius 2 is 2.25 bits per heavy atom. The number of hydrogen-bond donors (Lipinski definition) is 2. The molecule has 6 nitrogen and oxygen atoms in total. The van der Waals surface area contributed by atoms with Crippen molar-refractivity contribution in [2.24, 2.45) is 0 Å². The smallest absolute Gasteiger partial charge is 0.317 e. The van der Waals surface area contributed by atoms with E-state index in [9.17, 15) is 9.59 Å². The van der Waals surface area contributed by atoms with Crippen LogP contribution in [-0.2, 0) is 19.4 Å². The Balaban J connectivity index is 1.82. The van der Waals surface area contributed by atoms with Gasteiger partial charge in [0.05, 0.1) is 17.8 Å². The van der Waals surface area contributed by atoms with E-state index in [2.05, 4.69) is 21.4 Å². The van der Waals surface area contributed by atoms with E-state index >= 15 is 0 Å². The third-order valence-corrected chi connectivity index (χ3v) is 4.19. The van der Waals surface area contributed by atoms with Gasteiger partial charge in [-0.3, -0.25) is 4.79 Å².